The minimum atomic E-state index is -4.40. The molecule has 0 spiro atoms. The molecular formula is C16H19F3N2O3. The summed E-state index contributed by atoms with van der Waals surface area (Å²) in [5, 5.41) is 4.87. The van der Waals surface area contributed by atoms with Crippen molar-refractivity contribution in [2.24, 2.45) is 0 Å². The average molecular weight is 344 g/mol. The molecule has 0 saturated carbocycles. The van der Waals surface area contributed by atoms with Crippen molar-refractivity contribution in [3.63, 3.8) is 0 Å². The van der Waals surface area contributed by atoms with E-state index >= 15 is 0 Å². The highest BCUT2D eigenvalue weighted by molar-refractivity contribution is 6.35. The minimum Gasteiger partial charge on any atom is -0.376 e. The number of amides is 2. The van der Waals surface area contributed by atoms with E-state index in [0.29, 0.717) is 12.2 Å². The van der Waals surface area contributed by atoms with Gasteiger partial charge in [0.2, 0.25) is 0 Å². The highest BCUT2D eigenvalue weighted by atomic mass is 19.4. The number of carbonyl (C=O) groups is 2. The smallest absolute Gasteiger partial charge is 0.376 e. The van der Waals surface area contributed by atoms with E-state index in [1.807, 2.05) is 0 Å². The van der Waals surface area contributed by atoms with Crippen molar-refractivity contribution in [2.75, 3.05) is 19.7 Å². The van der Waals surface area contributed by atoms with Gasteiger partial charge < -0.3 is 15.4 Å². The average Bonchev–Trinajstić information content (AvgIpc) is 3.05. The standard InChI is InChI=1S/C16H19F3N2O3/c17-16(18,19)12-4-1-3-11(9-12)6-7-20-14(22)15(23)21-10-13-5-2-8-24-13/h1,3-4,9,13H,2,5-8,10H2,(H,20,22)(H,21,23). The largest absolute Gasteiger partial charge is 0.416 e. The van der Waals surface area contributed by atoms with Gasteiger partial charge >= 0.3 is 18.0 Å². The molecule has 1 fully saturated rings. The van der Waals surface area contributed by atoms with Crippen molar-refractivity contribution in [1.82, 2.24) is 10.6 Å². The van der Waals surface area contributed by atoms with Crippen LogP contribution in [-0.2, 0) is 26.9 Å². The molecule has 8 heteroatoms. The summed E-state index contributed by atoms with van der Waals surface area (Å²) in [6.07, 6.45) is -2.48. The number of ether oxygens (including phenoxy) is 1. The van der Waals surface area contributed by atoms with Crippen molar-refractivity contribution in [2.45, 2.75) is 31.5 Å². The molecule has 1 aromatic rings. The van der Waals surface area contributed by atoms with E-state index in [0.717, 1.165) is 25.0 Å². The molecule has 1 unspecified atom stereocenters. The fourth-order valence-corrected chi connectivity index (χ4v) is 2.40. The lowest BCUT2D eigenvalue weighted by atomic mass is 10.1. The Kier molecular flexibility index (Phi) is 6.19. The predicted octanol–water partition coefficient (Wildman–Crippen LogP) is 1.66. The number of halogens is 3. The van der Waals surface area contributed by atoms with Crippen LogP contribution >= 0.6 is 0 Å². The van der Waals surface area contributed by atoms with Crippen molar-refractivity contribution >= 4 is 11.8 Å². The first-order valence-electron chi connectivity index (χ1n) is 7.70. The second-order valence-electron chi connectivity index (χ2n) is 5.55. The highest BCUT2D eigenvalue weighted by Crippen LogP contribution is 2.29. The molecule has 2 rings (SSSR count). The van der Waals surface area contributed by atoms with Gasteiger partial charge in [0, 0.05) is 19.7 Å². The SMILES string of the molecule is O=C(NCCc1cccc(C(F)(F)F)c1)C(=O)NCC1CCCO1. The zero-order valence-corrected chi connectivity index (χ0v) is 13.0. The van der Waals surface area contributed by atoms with Crippen molar-refractivity contribution in [1.29, 1.82) is 0 Å². The van der Waals surface area contributed by atoms with Crippen LogP contribution in [0.25, 0.3) is 0 Å². The van der Waals surface area contributed by atoms with Gasteiger partial charge in [-0.3, -0.25) is 9.59 Å². The number of hydrogen-bond acceptors (Lipinski definition) is 3. The van der Waals surface area contributed by atoms with E-state index in [9.17, 15) is 22.8 Å². The maximum atomic E-state index is 12.6. The van der Waals surface area contributed by atoms with E-state index in [1.165, 1.54) is 6.07 Å². The molecule has 24 heavy (non-hydrogen) atoms. The fraction of sp³-hybridized carbons (Fsp3) is 0.500. The van der Waals surface area contributed by atoms with Crippen LogP contribution in [0.4, 0.5) is 13.2 Å². The van der Waals surface area contributed by atoms with Crippen LogP contribution in [0.1, 0.15) is 24.0 Å². The Morgan fingerprint density at radius 3 is 2.62 bits per heavy atom. The topological polar surface area (TPSA) is 67.4 Å². The highest BCUT2D eigenvalue weighted by Gasteiger charge is 2.30. The molecule has 0 radical (unpaired) electrons. The molecule has 5 nitrogen and oxygen atoms in total. The summed E-state index contributed by atoms with van der Waals surface area (Å²) < 4.78 is 43.1. The van der Waals surface area contributed by atoms with E-state index in [2.05, 4.69) is 10.6 Å². The summed E-state index contributed by atoms with van der Waals surface area (Å²) >= 11 is 0. The normalized spacial score (nSPS) is 17.5. The quantitative estimate of drug-likeness (QED) is 0.799. The summed E-state index contributed by atoms with van der Waals surface area (Å²) in [5.41, 5.74) is -0.300. The molecule has 132 valence electrons. The van der Waals surface area contributed by atoms with Crippen molar-refractivity contribution in [3.8, 4) is 0 Å². The predicted molar refractivity (Wildman–Crippen MR) is 80.1 cm³/mol. The van der Waals surface area contributed by atoms with Gasteiger partial charge in [0.15, 0.2) is 0 Å². The monoisotopic (exact) mass is 344 g/mol. The third-order valence-electron chi connectivity index (χ3n) is 3.67. The summed E-state index contributed by atoms with van der Waals surface area (Å²) in [7, 11) is 0. The van der Waals surface area contributed by atoms with E-state index < -0.39 is 23.6 Å². The van der Waals surface area contributed by atoms with Crippen LogP contribution in [0, 0.1) is 0 Å². The molecule has 0 aliphatic carbocycles. The zero-order valence-electron chi connectivity index (χ0n) is 13.0. The second kappa shape index (κ2) is 8.14. The number of benzene rings is 1. The Bertz CT molecular complexity index is 584. The van der Waals surface area contributed by atoms with Gasteiger partial charge in [-0.15, -0.1) is 0 Å². The summed E-state index contributed by atoms with van der Waals surface area (Å²) in [4.78, 5) is 23.2. The van der Waals surface area contributed by atoms with Crippen LogP contribution in [-0.4, -0.2) is 37.6 Å². The minimum absolute atomic E-state index is 0.0631. The third-order valence-corrected chi connectivity index (χ3v) is 3.67. The molecule has 2 N–H and O–H groups in total. The molecule has 1 aliphatic rings. The zero-order chi connectivity index (χ0) is 17.6. The maximum Gasteiger partial charge on any atom is 0.416 e. The van der Waals surface area contributed by atoms with Crippen LogP contribution in [0.2, 0.25) is 0 Å². The van der Waals surface area contributed by atoms with Gasteiger partial charge in [-0.25, -0.2) is 0 Å². The number of alkyl halides is 3. The first-order chi connectivity index (χ1) is 11.4. The van der Waals surface area contributed by atoms with Gasteiger partial charge in [0.1, 0.15) is 0 Å². The molecule has 0 bridgehead atoms. The van der Waals surface area contributed by atoms with Crippen LogP contribution in [0.3, 0.4) is 0 Å². The lowest BCUT2D eigenvalue weighted by Gasteiger charge is -2.11. The Labute approximate surface area is 137 Å². The third kappa shape index (κ3) is 5.52. The molecule has 1 heterocycles. The summed E-state index contributed by atoms with van der Waals surface area (Å²) in [5.74, 6) is -1.57. The van der Waals surface area contributed by atoms with Gasteiger partial charge in [-0.2, -0.15) is 13.2 Å². The lowest BCUT2D eigenvalue weighted by molar-refractivity contribution is -0.139. The fourth-order valence-electron chi connectivity index (χ4n) is 2.40. The molecule has 1 atom stereocenters. The number of nitrogens with one attached hydrogen (secondary N) is 2. The number of hydrogen-bond donors (Lipinski definition) is 2. The Hall–Kier alpha value is -2.09. The Balaban J connectivity index is 1.72. The lowest BCUT2D eigenvalue weighted by Crippen LogP contribution is -2.43. The Morgan fingerprint density at radius 2 is 1.96 bits per heavy atom. The molecular weight excluding hydrogens is 325 g/mol. The molecule has 1 saturated heterocycles. The van der Waals surface area contributed by atoms with Gasteiger partial charge in [-0.1, -0.05) is 18.2 Å². The molecule has 1 aliphatic heterocycles. The first-order valence-corrected chi connectivity index (χ1v) is 7.70. The second-order valence-corrected chi connectivity index (χ2v) is 5.55. The van der Waals surface area contributed by atoms with E-state index in [4.69, 9.17) is 4.74 Å². The summed E-state index contributed by atoms with van der Waals surface area (Å²) in [6, 6.07) is 4.87. The molecule has 1 aromatic carbocycles. The van der Waals surface area contributed by atoms with Crippen molar-refractivity contribution < 1.29 is 27.5 Å². The Morgan fingerprint density at radius 1 is 1.21 bits per heavy atom. The number of carbonyl (C=O) groups excluding carboxylic acids is 2. The van der Waals surface area contributed by atoms with Crippen LogP contribution in [0.15, 0.2) is 24.3 Å². The number of rotatable bonds is 5. The summed E-state index contributed by atoms with van der Waals surface area (Å²) in [6.45, 7) is 1.01. The van der Waals surface area contributed by atoms with Gasteiger partial charge in [0.05, 0.1) is 11.7 Å². The molecule has 2 amide bonds. The maximum absolute atomic E-state index is 12.6. The van der Waals surface area contributed by atoms with E-state index in [1.54, 1.807) is 6.07 Å². The van der Waals surface area contributed by atoms with Crippen molar-refractivity contribution in [3.05, 3.63) is 35.4 Å². The van der Waals surface area contributed by atoms with Gasteiger partial charge in [-0.05, 0) is 30.9 Å². The van der Waals surface area contributed by atoms with Gasteiger partial charge in [0.25, 0.3) is 0 Å². The van der Waals surface area contributed by atoms with Crippen LogP contribution < -0.4 is 10.6 Å². The van der Waals surface area contributed by atoms with E-state index in [-0.39, 0.29) is 25.6 Å². The van der Waals surface area contributed by atoms with Crippen LogP contribution in [0.5, 0.6) is 0 Å². The first kappa shape index (κ1) is 18.3. The molecule has 0 aromatic heterocycles.